The average Bonchev–Trinajstić information content (AvgIpc) is 3.40. The third-order valence-corrected chi connectivity index (χ3v) is 5.52. The molecular formula is C22H27N3O2. The van der Waals surface area contributed by atoms with Crippen LogP contribution in [-0.4, -0.2) is 42.0 Å². The molecule has 1 atom stereocenters. The van der Waals surface area contributed by atoms with Gasteiger partial charge in [0.1, 0.15) is 11.4 Å². The van der Waals surface area contributed by atoms with Gasteiger partial charge in [0, 0.05) is 31.5 Å². The van der Waals surface area contributed by atoms with Gasteiger partial charge in [-0.2, -0.15) is 0 Å². The van der Waals surface area contributed by atoms with Crippen LogP contribution in [0.1, 0.15) is 54.7 Å². The number of rotatable bonds is 5. The fourth-order valence-corrected chi connectivity index (χ4v) is 4.16. The number of anilines is 1. The molecule has 142 valence electrons. The van der Waals surface area contributed by atoms with E-state index in [2.05, 4.69) is 22.0 Å². The maximum absolute atomic E-state index is 13.2. The first-order chi connectivity index (χ1) is 13.3. The lowest BCUT2D eigenvalue weighted by atomic mass is 10.0. The fourth-order valence-electron chi connectivity index (χ4n) is 4.16. The molecule has 4 rings (SSSR count). The molecule has 0 bridgehead atoms. The highest BCUT2D eigenvalue weighted by Crippen LogP contribution is 2.34. The highest BCUT2D eigenvalue weighted by atomic mass is 16.5. The average molecular weight is 365 g/mol. The predicted molar refractivity (Wildman–Crippen MR) is 106 cm³/mol. The van der Waals surface area contributed by atoms with E-state index >= 15 is 0 Å². The summed E-state index contributed by atoms with van der Waals surface area (Å²) in [6.45, 7) is 5.56. The lowest BCUT2D eigenvalue weighted by Crippen LogP contribution is -2.31. The summed E-state index contributed by atoms with van der Waals surface area (Å²) in [5, 5.41) is 0. The van der Waals surface area contributed by atoms with Gasteiger partial charge in [-0.25, -0.2) is 0 Å². The molecular weight excluding hydrogens is 338 g/mol. The minimum Gasteiger partial charge on any atom is -0.494 e. The molecule has 1 aromatic heterocycles. The van der Waals surface area contributed by atoms with Crippen LogP contribution in [0.25, 0.3) is 0 Å². The molecule has 0 saturated carbocycles. The smallest absolute Gasteiger partial charge is 0.273 e. The number of carbonyl (C=O) groups excluding carboxylic acids is 1. The number of nitrogens with zero attached hydrogens (tertiary/aromatic N) is 3. The van der Waals surface area contributed by atoms with Crippen molar-refractivity contribution in [1.29, 1.82) is 0 Å². The van der Waals surface area contributed by atoms with Crippen LogP contribution < -0.4 is 9.64 Å². The van der Waals surface area contributed by atoms with Crippen LogP contribution >= 0.6 is 0 Å². The van der Waals surface area contributed by atoms with Crippen LogP contribution in [0.2, 0.25) is 0 Å². The molecule has 0 aliphatic carbocycles. The Kier molecular flexibility index (Phi) is 5.28. The first-order valence-corrected chi connectivity index (χ1v) is 10.0. The molecule has 27 heavy (non-hydrogen) atoms. The Morgan fingerprint density at radius 3 is 2.63 bits per heavy atom. The summed E-state index contributed by atoms with van der Waals surface area (Å²) in [7, 11) is 0. The van der Waals surface area contributed by atoms with Crippen LogP contribution in [-0.2, 0) is 0 Å². The second-order valence-electron chi connectivity index (χ2n) is 7.25. The minimum absolute atomic E-state index is 0.0347. The maximum atomic E-state index is 13.2. The van der Waals surface area contributed by atoms with Gasteiger partial charge < -0.3 is 14.5 Å². The molecule has 3 heterocycles. The zero-order valence-corrected chi connectivity index (χ0v) is 15.9. The van der Waals surface area contributed by atoms with Crippen molar-refractivity contribution in [1.82, 2.24) is 9.88 Å². The van der Waals surface area contributed by atoms with Gasteiger partial charge in [0.25, 0.3) is 5.91 Å². The van der Waals surface area contributed by atoms with Gasteiger partial charge in [-0.1, -0.05) is 12.1 Å². The number of benzene rings is 1. The van der Waals surface area contributed by atoms with Crippen molar-refractivity contribution in [3.8, 4) is 5.75 Å². The van der Waals surface area contributed by atoms with Gasteiger partial charge in [-0.05, 0) is 62.4 Å². The van der Waals surface area contributed by atoms with Crippen molar-refractivity contribution >= 4 is 11.6 Å². The van der Waals surface area contributed by atoms with Crippen LogP contribution in [0.15, 0.2) is 42.6 Å². The summed E-state index contributed by atoms with van der Waals surface area (Å²) in [6, 6.07) is 12.2. The molecule has 1 unspecified atom stereocenters. The molecule has 2 saturated heterocycles. The topological polar surface area (TPSA) is 45.7 Å². The molecule has 2 aliphatic heterocycles. The van der Waals surface area contributed by atoms with Crippen molar-refractivity contribution in [2.45, 2.75) is 38.6 Å². The van der Waals surface area contributed by atoms with E-state index in [9.17, 15) is 4.79 Å². The fraction of sp³-hybridized carbons (Fsp3) is 0.455. The Hall–Kier alpha value is -2.56. The third-order valence-electron chi connectivity index (χ3n) is 5.52. The molecule has 2 aliphatic rings. The van der Waals surface area contributed by atoms with E-state index in [0.717, 1.165) is 43.9 Å². The molecule has 0 radical (unpaired) electrons. The molecule has 0 N–H and O–H groups in total. The second-order valence-corrected chi connectivity index (χ2v) is 7.25. The summed E-state index contributed by atoms with van der Waals surface area (Å²) in [4.78, 5) is 21.9. The van der Waals surface area contributed by atoms with E-state index in [1.54, 1.807) is 6.20 Å². The van der Waals surface area contributed by atoms with Gasteiger partial charge >= 0.3 is 0 Å². The molecule has 5 nitrogen and oxygen atoms in total. The standard InChI is InChI=1S/C22H27N3O2/c1-2-27-19-9-7-17(8-10-19)21-6-5-15-25(21)22(26)20-16-18(11-12-23-20)24-13-3-4-14-24/h7-12,16,21H,2-6,13-15H2,1H3. The molecule has 2 aromatic rings. The quantitative estimate of drug-likeness (QED) is 0.802. The van der Waals surface area contributed by atoms with Gasteiger partial charge in [-0.3, -0.25) is 9.78 Å². The zero-order valence-electron chi connectivity index (χ0n) is 15.9. The highest BCUT2D eigenvalue weighted by Gasteiger charge is 2.31. The predicted octanol–water partition coefficient (Wildman–Crippen LogP) is 4.06. The number of pyridine rings is 1. The van der Waals surface area contributed by atoms with Crippen LogP contribution in [0, 0.1) is 0 Å². The third kappa shape index (κ3) is 3.77. The van der Waals surface area contributed by atoms with E-state index in [1.807, 2.05) is 36.1 Å². The summed E-state index contributed by atoms with van der Waals surface area (Å²) in [6.07, 6.45) is 6.22. The minimum atomic E-state index is 0.0347. The summed E-state index contributed by atoms with van der Waals surface area (Å²) in [5.41, 5.74) is 2.83. The number of aromatic nitrogens is 1. The van der Waals surface area contributed by atoms with Crippen molar-refractivity contribution in [3.63, 3.8) is 0 Å². The van der Waals surface area contributed by atoms with E-state index in [1.165, 1.54) is 18.4 Å². The van der Waals surface area contributed by atoms with Gasteiger partial charge in [0.15, 0.2) is 0 Å². The summed E-state index contributed by atoms with van der Waals surface area (Å²) >= 11 is 0. The van der Waals surface area contributed by atoms with Crippen LogP contribution in [0.3, 0.4) is 0 Å². The van der Waals surface area contributed by atoms with E-state index in [4.69, 9.17) is 4.74 Å². The summed E-state index contributed by atoms with van der Waals surface area (Å²) < 4.78 is 5.53. The van der Waals surface area contributed by atoms with Gasteiger partial charge in [-0.15, -0.1) is 0 Å². The Balaban J connectivity index is 1.53. The number of hydrogen-bond donors (Lipinski definition) is 0. The molecule has 0 spiro atoms. The van der Waals surface area contributed by atoms with Gasteiger partial charge in [0.2, 0.25) is 0 Å². The Bertz CT molecular complexity index is 784. The lowest BCUT2D eigenvalue weighted by molar-refractivity contribution is 0.0729. The Labute approximate surface area is 161 Å². The maximum Gasteiger partial charge on any atom is 0.273 e. The first-order valence-electron chi connectivity index (χ1n) is 10.0. The normalized spacial score (nSPS) is 19.5. The van der Waals surface area contributed by atoms with Crippen LogP contribution in [0.5, 0.6) is 5.75 Å². The number of carbonyl (C=O) groups is 1. The van der Waals surface area contributed by atoms with Crippen LogP contribution in [0.4, 0.5) is 5.69 Å². The number of amides is 1. The second kappa shape index (κ2) is 7.99. The van der Waals surface area contributed by atoms with Crippen molar-refractivity contribution < 1.29 is 9.53 Å². The SMILES string of the molecule is CCOc1ccc(C2CCCN2C(=O)c2cc(N3CCCC3)ccn2)cc1. The number of hydrogen-bond acceptors (Lipinski definition) is 4. The van der Waals surface area contributed by atoms with Crippen molar-refractivity contribution in [2.75, 3.05) is 31.1 Å². The molecule has 1 aromatic carbocycles. The van der Waals surface area contributed by atoms with E-state index < -0.39 is 0 Å². The van der Waals surface area contributed by atoms with E-state index in [-0.39, 0.29) is 11.9 Å². The Morgan fingerprint density at radius 2 is 1.89 bits per heavy atom. The first kappa shape index (κ1) is 17.8. The van der Waals surface area contributed by atoms with Gasteiger partial charge in [0.05, 0.1) is 12.6 Å². The monoisotopic (exact) mass is 365 g/mol. The number of likely N-dealkylation sites (tertiary alicyclic amines) is 1. The molecule has 5 heteroatoms. The molecule has 2 fully saturated rings. The summed E-state index contributed by atoms with van der Waals surface area (Å²) in [5.74, 6) is 0.907. The van der Waals surface area contributed by atoms with Crippen molar-refractivity contribution in [2.24, 2.45) is 0 Å². The highest BCUT2D eigenvalue weighted by molar-refractivity contribution is 5.93. The Morgan fingerprint density at radius 1 is 1.11 bits per heavy atom. The largest absolute Gasteiger partial charge is 0.494 e. The molecule has 1 amide bonds. The van der Waals surface area contributed by atoms with E-state index in [0.29, 0.717) is 12.3 Å². The lowest BCUT2D eigenvalue weighted by Gasteiger charge is -2.25. The number of ether oxygens (including phenoxy) is 1. The van der Waals surface area contributed by atoms with Crippen molar-refractivity contribution in [3.05, 3.63) is 53.9 Å². The zero-order chi connectivity index (χ0) is 18.6.